The van der Waals surface area contributed by atoms with Gasteiger partial charge < -0.3 is 11.1 Å². The van der Waals surface area contributed by atoms with Gasteiger partial charge in [0.15, 0.2) is 0 Å². The predicted molar refractivity (Wildman–Crippen MR) is 80.9 cm³/mol. The second-order valence-corrected chi connectivity index (χ2v) is 5.38. The summed E-state index contributed by atoms with van der Waals surface area (Å²) in [4.78, 5) is 12.1. The first-order valence-corrected chi connectivity index (χ1v) is 6.70. The van der Waals surface area contributed by atoms with E-state index in [4.69, 9.17) is 5.73 Å². The fourth-order valence-corrected chi connectivity index (χ4v) is 2.41. The number of amides is 1. The van der Waals surface area contributed by atoms with Gasteiger partial charge in [0.05, 0.1) is 0 Å². The minimum atomic E-state index is 0. The highest BCUT2D eigenvalue weighted by molar-refractivity contribution is 5.94. The van der Waals surface area contributed by atoms with Crippen molar-refractivity contribution in [2.24, 2.45) is 5.73 Å². The van der Waals surface area contributed by atoms with Gasteiger partial charge in [0.1, 0.15) is 0 Å². The molecule has 4 heteroatoms. The largest absolute Gasteiger partial charge is 0.349 e. The summed E-state index contributed by atoms with van der Waals surface area (Å²) in [6.07, 6.45) is 4.02. The Hall–Kier alpha value is -1.06. The molecule has 0 atom stereocenters. The Morgan fingerprint density at radius 2 is 1.79 bits per heavy atom. The van der Waals surface area contributed by atoms with Gasteiger partial charge in [-0.05, 0) is 62.8 Å². The highest BCUT2D eigenvalue weighted by Gasteiger charge is 2.20. The van der Waals surface area contributed by atoms with Gasteiger partial charge in [-0.2, -0.15) is 0 Å². The average Bonchev–Trinajstić information content (AvgIpc) is 2.35. The van der Waals surface area contributed by atoms with E-state index < -0.39 is 0 Å². The van der Waals surface area contributed by atoms with Crippen LogP contribution in [0.1, 0.15) is 47.2 Å². The summed E-state index contributed by atoms with van der Waals surface area (Å²) in [7, 11) is 0. The van der Waals surface area contributed by atoms with Crippen LogP contribution in [0.3, 0.4) is 0 Å². The second kappa shape index (κ2) is 6.92. The van der Waals surface area contributed by atoms with Crippen LogP contribution >= 0.6 is 12.4 Å². The molecule has 1 aliphatic rings. The summed E-state index contributed by atoms with van der Waals surface area (Å²) in [5, 5.41) is 3.11. The molecule has 0 saturated heterocycles. The van der Waals surface area contributed by atoms with Gasteiger partial charge in [-0.15, -0.1) is 12.4 Å². The lowest BCUT2D eigenvalue weighted by Crippen LogP contribution is -2.40. The van der Waals surface area contributed by atoms with Crippen LogP contribution in [0.5, 0.6) is 0 Å². The summed E-state index contributed by atoms with van der Waals surface area (Å²) >= 11 is 0. The summed E-state index contributed by atoms with van der Waals surface area (Å²) in [5.74, 6) is 0.0403. The predicted octanol–water partition coefficient (Wildman–Crippen LogP) is 2.72. The molecule has 0 aromatic heterocycles. The average molecular weight is 283 g/mol. The Balaban J connectivity index is 0.00000180. The van der Waals surface area contributed by atoms with Crippen molar-refractivity contribution >= 4 is 18.3 Å². The molecule has 0 heterocycles. The van der Waals surface area contributed by atoms with E-state index in [2.05, 4.69) is 12.2 Å². The molecule has 0 bridgehead atoms. The van der Waals surface area contributed by atoms with E-state index in [1.807, 2.05) is 25.1 Å². The number of nitrogens with two attached hydrogens (primary N) is 1. The second-order valence-electron chi connectivity index (χ2n) is 5.38. The number of nitrogens with one attached hydrogen (secondary N) is 1. The molecule has 1 aromatic rings. The third-order valence-corrected chi connectivity index (χ3v) is 3.88. The van der Waals surface area contributed by atoms with Gasteiger partial charge >= 0.3 is 0 Å². The fraction of sp³-hybridized carbons (Fsp3) is 0.533. The molecule has 1 amide bonds. The van der Waals surface area contributed by atoms with Crippen molar-refractivity contribution in [1.29, 1.82) is 0 Å². The third kappa shape index (κ3) is 4.22. The third-order valence-electron chi connectivity index (χ3n) is 3.88. The highest BCUT2D eigenvalue weighted by atomic mass is 35.5. The normalized spacial score (nSPS) is 22.5. The molecule has 106 valence electrons. The van der Waals surface area contributed by atoms with E-state index in [1.165, 1.54) is 5.56 Å². The Bertz CT molecular complexity index is 440. The van der Waals surface area contributed by atoms with Crippen molar-refractivity contribution in [3.8, 4) is 0 Å². The fourth-order valence-electron chi connectivity index (χ4n) is 2.41. The van der Waals surface area contributed by atoms with E-state index in [-0.39, 0.29) is 18.3 Å². The van der Waals surface area contributed by atoms with Crippen LogP contribution in [0.25, 0.3) is 0 Å². The monoisotopic (exact) mass is 282 g/mol. The summed E-state index contributed by atoms with van der Waals surface area (Å²) < 4.78 is 0. The first kappa shape index (κ1) is 16.0. The quantitative estimate of drug-likeness (QED) is 0.876. The Kier molecular flexibility index (Phi) is 5.83. The minimum absolute atomic E-state index is 0. The zero-order valence-electron chi connectivity index (χ0n) is 11.6. The number of aryl methyl sites for hydroxylation is 2. The van der Waals surface area contributed by atoms with Gasteiger partial charge in [-0.3, -0.25) is 4.79 Å². The first-order chi connectivity index (χ1) is 8.56. The number of hydrogen-bond donors (Lipinski definition) is 2. The number of carbonyl (C=O) groups excluding carboxylic acids is 1. The lowest BCUT2D eigenvalue weighted by molar-refractivity contribution is 0.0926. The van der Waals surface area contributed by atoms with Gasteiger partial charge in [0, 0.05) is 17.6 Å². The Labute approximate surface area is 121 Å². The van der Waals surface area contributed by atoms with Crippen LogP contribution in [0, 0.1) is 13.8 Å². The van der Waals surface area contributed by atoms with Gasteiger partial charge in [0.2, 0.25) is 0 Å². The number of rotatable bonds is 2. The molecule has 0 unspecified atom stereocenters. The molecule has 2 rings (SSSR count). The van der Waals surface area contributed by atoms with Crippen LogP contribution in [-0.2, 0) is 0 Å². The van der Waals surface area contributed by atoms with Crippen LogP contribution < -0.4 is 11.1 Å². The lowest BCUT2D eigenvalue weighted by Gasteiger charge is -2.26. The molecule has 1 fully saturated rings. The summed E-state index contributed by atoms with van der Waals surface area (Å²) in [5.41, 5.74) is 9.00. The van der Waals surface area contributed by atoms with Crippen molar-refractivity contribution in [2.75, 3.05) is 0 Å². The van der Waals surface area contributed by atoms with E-state index >= 15 is 0 Å². The summed E-state index contributed by atoms with van der Waals surface area (Å²) in [6.45, 7) is 4.09. The standard InChI is InChI=1S/C15H22N2O.ClH/c1-10-3-4-12(9-11(10)2)15(18)17-14-7-5-13(16)6-8-14;/h3-4,9,13-14H,5-8,16H2,1-2H3,(H,17,18);1H. The number of benzene rings is 1. The smallest absolute Gasteiger partial charge is 0.251 e. The topological polar surface area (TPSA) is 55.1 Å². The van der Waals surface area contributed by atoms with Crippen LogP contribution in [0.15, 0.2) is 18.2 Å². The molecule has 1 aromatic carbocycles. The molecular formula is C15H23ClN2O. The molecule has 0 aliphatic heterocycles. The van der Waals surface area contributed by atoms with Crippen molar-refractivity contribution in [3.63, 3.8) is 0 Å². The molecular weight excluding hydrogens is 260 g/mol. The van der Waals surface area contributed by atoms with Crippen LogP contribution in [0.4, 0.5) is 0 Å². The summed E-state index contributed by atoms with van der Waals surface area (Å²) in [6, 6.07) is 6.46. The van der Waals surface area contributed by atoms with E-state index in [1.54, 1.807) is 0 Å². The first-order valence-electron chi connectivity index (χ1n) is 6.70. The van der Waals surface area contributed by atoms with Crippen molar-refractivity contribution in [1.82, 2.24) is 5.32 Å². The lowest BCUT2D eigenvalue weighted by atomic mass is 9.91. The number of carbonyl (C=O) groups is 1. The minimum Gasteiger partial charge on any atom is -0.349 e. The Morgan fingerprint density at radius 3 is 2.37 bits per heavy atom. The maximum absolute atomic E-state index is 12.1. The molecule has 0 radical (unpaired) electrons. The molecule has 1 saturated carbocycles. The zero-order valence-corrected chi connectivity index (χ0v) is 12.4. The van der Waals surface area contributed by atoms with Crippen molar-refractivity contribution < 1.29 is 4.79 Å². The van der Waals surface area contributed by atoms with Crippen LogP contribution in [0.2, 0.25) is 0 Å². The van der Waals surface area contributed by atoms with E-state index in [0.717, 1.165) is 36.8 Å². The number of hydrogen-bond acceptors (Lipinski definition) is 2. The molecule has 0 spiro atoms. The van der Waals surface area contributed by atoms with Crippen molar-refractivity contribution in [2.45, 2.75) is 51.6 Å². The van der Waals surface area contributed by atoms with Gasteiger partial charge in [0.25, 0.3) is 5.91 Å². The van der Waals surface area contributed by atoms with Gasteiger partial charge in [-0.1, -0.05) is 6.07 Å². The van der Waals surface area contributed by atoms with Crippen molar-refractivity contribution in [3.05, 3.63) is 34.9 Å². The molecule has 3 nitrogen and oxygen atoms in total. The zero-order chi connectivity index (χ0) is 13.1. The van der Waals surface area contributed by atoms with Crippen LogP contribution in [-0.4, -0.2) is 18.0 Å². The molecule has 1 aliphatic carbocycles. The SMILES string of the molecule is Cc1ccc(C(=O)NC2CCC(N)CC2)cc1C.Cl. The Morgan fingerprint density at radius 1 is 1.16 bits per heavy atom. The van der Waals surface area contributed by atoms with E-state index in [9.17, 15) is 4.79 Å². The maximum atomic E-state index is 12.1. The van der Waals surface area contributed by atoms with Gasteiger partial charge in [-0.25, -0.2) is 0 Å². The van der Waals surface area contributed by atoms with E-state index in [0.29, 0.717) is 12.1 Å². The highest BCUT2D eigenvalue weighted by Crippen LogP contribution is 2.18. The maximum Gasteiger partial charge on any atom is 0.251 e. The molecule has 19 heavy (non-hydrogen) atoms. The number of halogens is 1. The molecule has 3 N–H and O–H groups in total.